The maximum Gasteiger partial charge on any atom is 0.337 e. The van der Waals surface area contributed by atoms with E-state index in [0.717, 1.165) is 5.56 Å². The van der Waals surface area contributed by atoms with Crippen molar-refractivity contribution in [2.45, 2.75) is 19.5 Å². The molecule has 4 aromatic rings. The van der Waals surface area contributed by atoms with Crippen molar-refractivity contribution in [3.8, 4) is 11.4 Å². The number of ether oxygens (including phenoxy) is 2. The Bertz CT molecular complexity index is 1320. The SMILES string of the molecule is COCCn1c(=O)c2c(ncn2C(C)c2ccccc2)n(-c2ccccc2OC)c1=O. The van der Waals surface area contributed by atoms with Crippen molar-refractivity contribution in [2.75, 3.05) is 20.8 Å². The Balaban J connectivity index is 2.05. The molecule has 4 rings (SSSR count). The third-order valence-corrected chi connectivity index (χ3v) is 5.40. The van der Waals surface area contributed by atoms with Crippen molar-refractivity contribution < 1.29 is 9.47 Å². The standard InChI is InChI=1S/C23H24N4O4/c1-16(17-9-5-4-6-10-17)26-15-24-21-20(26)22(28)25(13-14-30-2)23(29)27(21)18-11-7-8-12-19(18)31-3/h4-12,15-16H,13-14H2,1-3H3. The minimum Gasteiger partial charge on any atom is -0.495 e. The van der Waals surface area contributed by atoms with Crippen LogP contribution in [0, 0.1) is 0 Å². The summed E-state index contributed by atoms with van der Waals surface area (Å²) in [6, 6.07) is 16.8. The number of benzene rings is 2. The molecule has 0 N–H and O–H groups in total. The van der Waals surface area contributed by atoms with E-state index in [1.807, 2.05) is 54.0 Å². The van der Waals surface area contributed by atoms with Crippen molar-refractivity contribution in [1.82, 2.24) is 18.7 Å². The molecule has 0 aliphatic rings. The molecular formula is C23H24N4O4. The smallest absolute Gasteiger partial charge is 0.337 e. The van der Waals surface area contributed by atoms with Gasteiger partial charge in [-0.25, -0.2) is 14.3 Å². The zero-order valence-corrected chi connectivity index (χ0v) is 17.7. The highest BCUT2D eigenvalue weighted by Gasteiger charge is 2.23. The molecule has 2 heterocycles. The van der Waals surface area contributed by atoms with Crippen LogP contribution < -0.4 is 16.0 Å². The molecule has 2 aromatic heterocycles. The number of hydrogen-bond donors (Lipinski definition) is 0. The first-order chi connectivity index (χ1) is 15.1. The summed E-state index contributed by atoms with van der Waals surface area (Å²) < 4.78 is 15.0. The van der Waals surface area contributed by atoms with E-state index in [1.165, 1.54) is 23.4 Å². The number of methoxy groups -OCH3 is 2. The number of fused-ring (bicyclic) bond motifs is 1. The average Bonchev–Trinajstić information content (AvgIpc) is 3.24. The minimum absolute atomic E-state index is 0.129. The van der Waals surface area contributed by atoms with Crippen LogP contribution in [0.25, 0.3) is 16.9 Å². The van der Waals surface area contributed by atoms with Crippen LogP contribution in [0.2, 0.25) is 0 Å². The molecule has 0 amide bonds. The summed E-state index contributed by atoms with van der Waals surface area (Å²) in [4.78, 5) is 31.3. The molecule has 0 saturated heterocycles. The molecule has 0 bridgehead atoms. The lowest BCUT2D eigenvalue weighted by atomic mass is 10.1. The lowest BCUT2D eigenvalue weighted by Gasteiger charge is -2.17. The number of para-hydroxylation sites is 2. The van der Waals surface area contributed by atoms with Crippen LogP contribution in [0.3, 0.4) is 0 Å². The summed E-state index contributed by atoms with van der Waals surface area (Å²) in [6.07, 6.45) is 1.61. The number of hydrogen-bond acceptors (Lipinski definition) is 5. The van der Waals surface area contributed by atoms with E-state index in [4.69, 9.17) is 9.47 Å². The second-order valence-corrected chi connectivity index (χ2v) is 7.15. The molecule has 0 spiro atoms. The first-order valence-corrected chi connectivity index (χ1v) is 9.98. The van der Waals surface area contributed by atoms with Gasteiger partial charge in [0.1, 0.15) is 5.75 Å². The molecule has 160 valence electrons. The second-order valence-electron chi connectivity index (χ2n) is 7.15. The molecule has 8 heteroatoms. The van der Waals surface area contributed by atoms with Gasteiger partial charge in [-0.1, -0.05) is 42.5 Å². The summed E-state index contributed by atoms with van der Waals surface area (Å²) >= 11 is 0. The van der Waals surface area contributed by atoms with Gasteiger partial charge in [0.05, 0.1) is 38.3 Å². The van der Waals surface area contributed by atoms with E-state index >= 15 is 0 Å². The topological polar surface area (TPSA) is 80.3 Å². The molecule has 1 unspecified atom stereocenters. The van der Waals surface area contributed by atoms with Crippen LogP contribution >= 0.6 is 0 Å². The fourth-order valence-electron chi connectivity index (χ4n) is 3.74. The van der Waals surface area contributed by atoms with Crippen LogP contribution in [-0.4, -0.2) is 39.5 Å². The van der Waals surface area contributed by atoms with Crippen molar-refractivity contribution in [3.63, 3.8) is 0 Å². The van der Waals surface area contributed by atoms with Crippen LogP contribution in [0.4, 0.5) is 0 Å². The highest BCUT2D eigenvalue weighted by atomic mass is 16.5. The number of aromatic nitrogens is 4. The van der Waals surface area contributed by atoms with Gasteiger partial charge in [0.2, 0.25) is 0 Å². The molecule has 8 nitrogen and oxygen atoms in total. The van der Waals surface area contributed by atoms with Crippen molar-refractivity contribution in [3.05, 3.63) is 87.3 Å². The first kappa shape index (κ1) is 20.6. The van der Waals surface area contributed by atoms with Crippen molar-refractivity contribution in [1.29, 1.82) is 0 Å². The average molecular weight is 420 g/mol. The fourth-order valence-corrected chi connectivity index (χ4v) is 3.74. The van der Waals surface area contributed by atoms with E-state index in [0.29, 0.717) is 17.0 Å². The molecule has 0 radical (unpaired) electrons. The third kappa shape index (κ3) is 3.55. The maximum atomic E-state index is 13.4. The van der Waals surface area contributed by atoms with E-state index in [1.54, 1.807) is 18.5 Å². The summed E-state index contributed by atoms with van der Waals surface area (Å²) in [5.74, 6) is 0.508. The first-order valence-electron chi connectivity index (χ1n) is 9.98. The molecule has 2 aromatic carbocycles. The Hall–Kier alpha value is -3.65. The molecular weight excluding hydrogens is 396 g/mol. The maximum absolute atomic E-state index is 13.4. The lowest BCUT2D eigenvalue weighted by Crippen LogP contribution is -2.41. The molecule has 1 atom stereocenters. The molecule has 0 aliphatic carbocycles. The zero-order valence-electron chi connectivity index (χ0n) is 17.7. The Labute approximate surface area is 178 Å². The van der Waals surface area contributed by atoms with E-state index < -0.39 is 11.2 Å². The van der Waals surface area contributed by atoms with E-state index in [9.17, 15) is 9.59 Å². The third-order valence-electron chi connectivity index (χ3n) is 5.40. The highest BCUT2D eigenvalue weighted by Crippen LogP contribution is 2.25. The van der Waals surface area contributed by atoms with Gasteiger partial charge in [0.15, 0.2) is 11.2 Å². The minimum atomic E-state index is -0.489. The monoisotopic (exact) mass is 420 g/mol. The summed E-state index contributed by atoms with van der Waals surface area (Å²) in [5.41, 5.74) is 1.29. The second kappa shape index (κ2) is 8.61. The zero-order chi connectivity index (χ0) is 22.0. The number of rotatable bonds is 7. The number of imidazole rings is 1. The normalized spacial score (nSPS) is 12.2. The van der Waals surface area contributed by atoms with E-state index in [2.05, 4.69) is 4.98 Å². The van der Waals surface area contributed by atoms with Gasteiger partial charge < -0.3 is 14.0 Å². The van der Waals surface area contributed by atoms with Crippen LogP contribution in [0.5, 0.6) is 5.75 Å². The van der Waals surface area contributed by atoms with Gasteiger partial charge in [0.25, 0.3) is 5.56 Å². The quantitative estimate of drug-likeness (QED) is 0.459. The van der Waals surface area contributed by atoms with Gasteiger partial charge in [-0.15, -0.1) is 0 Å². The number of nitrogens with zero attached hydrogens (tertiary/aromatic N) is 4. The van der Waals surface area contributed by atoms with Gasteiger partial charge in [-0.2, -0.15) is 0 Å². The lowest BCUT2D eigenvalue weighted by molar-refractivity contribution is 0.184. The van der Waals surface area contributed by atoms with Gasteiger partial charge >= 0.3 is 5.69 Å². The molecule has 31 heavy (non-hydrogen) atoms. The molecule has 0 saturated carbocycles. The molecule has 0 aliphatic heterocycles. The Kier molecular flexibility index (Phi) is 5.73. The van der Waals surface area contributed by atoms with Crippen LogP contribution in [0.1, 0.15) is 18.5 Å². The summed E-state index contributed by atoms with van der Waals surface area (Å²) in [5, 5.41) is 0. The van der Waals surface area contributed by atoms with Gasteiger partial charge in [-0.3, -0.25) is 9.36 Å². The fraction of sp³-hybridized carbons (Fsp3) is 0.261. The Morgan fingerprint density at radius 3 is 2.42 bits per heavy atom. The predicted molar refractivity (Wildman–Crippen MR) is 118 cm³/mol. The predicted octanol–water partition coefficient (Wildman–Crippen LogP) is 2.61. The van der Waals surface area contributed by atoms with E-state index in [-0.39, 0.29) is 24.8 Å². The molecule has 0 fully saturated rings. The summed E-state index contributed by atoms with van der Waals surface area (Å²) in [6.45, 7) is 2.35. The Morgan fingerprint density at radius 1 is 1.00 bits per heavy atom. The largest absolute Gasteiger partial charge is 0.495 e. The van der Waals surface area contributed by atoms with Crippen molar-refractivity contribution >= 4 is 11.2 Å². The van der Waals surface area contributed by atoms with Gasteiger partial charge in [-0.05, 0) is 24.6 Å². The van der Waals surface area contributed by atoms with Gasteiger partial charge in [0, 0.05) is 7.11 Å². The van der Waals surface area contributed by atoms with Crippen LogP contribution in [0.15, 0.2) is 70.5 Å². The summed E-state index contributed by atoms with van der Waals surface area (Å²) in [7, 11) is 3.07. The van der Waals surface area contributed by atoms with Crippen LogP contribution in [-0.2, 0) is 11.3 Å². The van der Waals surface area contributed by atoms with Crippen molar-refractivity contribution in [2.24, 2.45) is 0 Å². The Morgan fingerprint density at radius 2 is 1.71 bits per heavy atom. The highest BCUT2D eigenvalue weighted by molar-refractivity contribution is 5.73.